The molecule has 2 fully saturated rings. The fourth-order valence-corrected chi connectivity index (χ4v) is 7.85. The first kappa shape index (κ1) is 26.3. The first-order valence-corrected chi connectivity index (χ1v) is 14.5. The van der Waals surface area contributed by atoms with Crippen LogP contribution in [-0.2, 0) is 10.0 Å². The second-order valence-electron chi connectivity index (χ2n) is 9.37. The molecule has 2 aliphatic rings. The van der Waals surface area contributed by atoms with Crippen LogP contribution in [0.5, 0.6) is 5.75 Å². The van der Waals surface area contributed by atoms with Gasteiger partial charge in [0, 0.05) is 23.3 Å². The third kappa shape index (κ3) is 5.96. The number of nitrogens with one attached hydrogen (secondary N) is 1. The molecular weight excluding hydrogens is 507 g/mol. The van der Waals surface area contributed by atoms with E-state index in [1.807, 2.05) is 4.31 Å². The number of benzene rings is 2. The van der Waals surface area contributed by atoms with Crippen molar-refractivity contribution in [1.82, 2.24) is 4.31 Å². The van der Waals surface area contributed by atoms with Crippen LogP contribution in [-0.4, -0.2) is 37.8 Å². The Bertz CT molecular complexity index is 1100. The zero-order chi connectivity index (χ0) is 25.0. The summed E-state index contributed by atoms with van der Waals surface area (Å²) in [4.78, 5) is 13.0. The van der Waals surface area contributed by atoms with Crippen LogP contribution in [0.1, 0.15) is 74.6 Å². The minimum atomic E-state index is -3.64. The number of halogens is 2. The second-order valence-corrected chi connectivity index (χ2v) is 12.0. The van der Waals surface area contributed by atoms with Crippen molar-refractivity contribution in [2.45, 2.75) is 81.2 Å². The van der Waals surface area contributed by atoms with Gasteiger partial charge in [-0.25, -0.2) is 8.42 Å². The normalized spacial score (nSPS) is 17.9. The molecule has 0 unspecified atom stereocenters. The van der Waals surface area contributed by atoms with E-state index in [4.69, 9.17) is 27.9 Å². The number of ether oxygens (including phenoxy) is 1. The Morgan fingerprint density at radius 1 is 0.886 bits per heavy atom. The van der Waals surface area contributed by atoms with Crippen molar-refractivity contribution in [3.05, 3.63) is 52.0 Å². The van der Waals surface area contributed by atoms with E-state index in [0.29, 0.717) is 11.4 Å². The van der Waals surface area contributed by atoms with Gasteiger partial charge in [-0.05, 0) is 62.1 Å². The van der Waals surface area contributed by atoms with Crippen molar-refractivity contribution in [2.24, 2.45) is 0 Å². The van der Waals surface area contributed by atoms with Crippen LogP contribution in [0.4, 0.5) is 5.69 Å². The van der Waals surface area contributed by atoms with Gasteiger partial charge in [0.2, 0.25) is 10.0 Å². The molecule has 9 heteroatoms. The number of sulfonamides is 1. The summed E-state index contributed by atoms with van der Waals surface area (Å²) < 4.78 is 34.6. The number of carbonyl (C=O) groups is 1. The van der Waals surface area contributed by atoms with Crippen molar-refractivity contribution < 1.29 is 17.9 Å². The Morgan fingerprint density at radius 2 is 1.37 bits per heavy atom. The minimum absolute atomic E-state index is 0.0702. The molecule has 0 radical (unpaired) electrons. The van der Waals surface area contributed by atoms with Crippen molar-refractivity contribution in [3.8, 4) is 5.75 Å². The molecule has 2 aromatic rings. The minimum Gasteiger partial charge on any atom is -0.494 e. The van der Waals surface area contributed by atoms with E-state index < -0.39 is 15.9 Å². The molecule has 1 amide bonds. The summed E-state index contributed by atoms with van der Waals surface area (Å²) in [5.74, 6) is -0.0990. The van der Waals surface area contributed by atoms with Crippen LogP contribution in [0.25, 0.3) is 0 Å². The molecule has 0 bridgehead atoms. The zero-order valence-corrected chi connectivity index (χ0v) is 22.3. The van der Waals surface area contributed by atoms with Crippen molar-refractivity contribution in [2.75, 3.05) is 12.4 Å². The summed E-state index contributed by atoms with van der Waals surface area (Å²) in [7, 11) is -2.19. The van der Waals surface area contributed by atoms with Crippen molar-refractivity contribution >= 4 is 44.8 Å². The molecule has 2 aromatic carbocycles. The molecule has 0 atom stereocenters. The lowest BCUT2D eigenvalue weighted by Gasteiger charge is -2.40. The topological polar surface area (TPSA) is 75.7 Å². The molecule has 6 nitrogen and oxygen atoms in total. The summed E-state index contributed by atoms with van der Waals surface area (Å²) >= 11 is 12.3. The third-order valence-corrected chi connectivity index (χ3v) is 9.60. The van der Waals surface area contributed by atoms with Gasteiger partial charge >= 0.3 is 0 Å². The standard InChI is InChI=1S/C26H32Cl2N2O4S/c1-34-25-23(27)16-18(17-24(25)28)26(31)29-19-12-14-22(15-13-19)35(32,33)30(20-8-4-2-5-9-20)21-10-6-3-7-11-21/h12-17,20-21H,2-11H2,1H3,(H,29,31). The van der Waals surface area contributed by atoms with Gasteiger partial charge in [0.25, 0.3) is 5.91 Å². The molecule has 0 aromatic heterocycles. The zero-order valence-electron chi connectivity index (χ0n) is 19.9. The Morgan fingerprint density at radius 3 is 1.83 bits per heavy atom. The Kier molecular flexibility index (Phi) is 8.63. The number of methoxy groups -OCH3 is 1. The molecule has 0 saturated heterocycles. The van der Waals surface area contributed by atoms with Crippen LogP contribution < -0.4 is 10.1 Å². The van der Waals surface area contributed by atoms with Crippen LogP contribution in [0.3, 0.4) is 0 Å². The predicted molar refractivity (Wildman–Crippen MR) is 140 cm³/mol. The SMILES string of the molecule is COc1c(Cl)cc(C(=O)Nc2ccc(S(=O)(=O)N(C3CCCCC3)C3CCCCC3)cc2)cc1Cl. The molecule has 0 heterocycles. The van der Waals surface area contributed by atoms with Gasteiger partial charge in [-0.2, -0.15) is 4.31 Å². The van der Waals surface area contributed by atoms with Crippen LogP contribution in [0.2, 0.25) is 10.0 Å². The van der Waals surface area contributed by atoms with Crippen LogP contribution in [0, 0.1) is 0 Å². The molecule has 0 aliphatic heterocycles. The highest BCUT2D eigenvalue weighted by Crippen LogP contribution is 2.36. The van der Waals surface area contributed by atoms with E-state index in [0.717, 1.165) is 51.4 Å². The summed E-state index contributed by atoms with van der Waals surface area (Å²) in [5, 5.41) is 3.25. The second kappa shape index (κ2) is 11.5. The van der Waals surface area contributed by atoms with Gasteiger partial charge in [0.1, 0.15) is 0 Å². The quantitative estimate of drug-likeness (QED) is 0.415. The number of carbonyl (C=O) groups excluding carboxylic acids is 1. The van der Waals surface area contributed by atoms with Gasteiger partial charge in [-0.3, -0.25) is 4.79 Å². The summed E-state index contributed by atoms with van der Waals surface area (Å²) in [5.41, 5.74) is 0.761. The summed E-state index contributed by atoms with van der Waals surface area (Å²) in [6.45, 7) is 0. The maximum Gasteiger partial charge on any atom is 0.255 e. The Hall–Kier alpha value is -1.80. The highest BCUT2D eigenvalue weighted by Gasteiger charge is 2.38. The monoisotopic (exact) mass is 538 g/mol. The van der Waals surface area contributed by atoms with E-state index in [-0.39, 0.29) is 32.6 Å². The average molecular weight is 540 g/mol. The maximum atomic E-state index is 13.8. The van der Waals surface area contributed by atoms with E-state index in [1.54, 1.807) is 24.3 Å². The van der Waals surface area contributed by atoms with E-state index >= 15 is 0 Å². The Labute approximate surface area is 218 Å². The fourth-order valence-electron chi connectivity index (χ4n) is 5.28. The molecule has 1 N–H and O–H groups in total. The summed E-state index contributed by atoms with van der Waals surface area (Å²) in [6.07, 6.45) is 10.4. The molecule has 190 valence electrons. The number of anilines is 1. The highest BCUT2D eigenvalue weighted by atomic mass is 35.5. The number of rotatable bonds is 7. The number of hydrogen-bond donors (Lipinski definition) is 1. The molecule has 0 spiro atoms. The van der Waals surface area contributed by atoms with Gasteiger partial charge in [-0.1, -0.05) is 61.7 Å². The van der Waals surface area contributed by atoms with Gasteiger partial charge in [0.05, 0.1) is 22.1 Å². The molecule has 4 rings (SSSR count). The predicted octanol–water partition coefficient (Wildman–Crippen LogP) is 6.91. The fraction of sp³-hybridized carbons (Fsp3) is 0.500. The molecule has 35 heavy (non-hydrogen) atoms. The summed E-state index contributed by atoms with van der Waals surface area (Å²) in [6, 6.07) is 9.50. The number of nitrogens with zero attached hydrogens (tertiary/aromatic N) is 1. The maximum absolute atomic E-state index is 13.8. The number of hydrogen-bond acceptors (Lipinski definition) is 4. The lowest BCUT2D eigenvalue weighted by molar-refractivity contribution is 0.102. The largest absolute Gasteiger partial charge is 0.494 e. The number of amides is 1. The van der Waals surface area contributed by atoms with E-state index in [2.05, 4.69) is 5.32 Å². The molecule has 2 saturated carbocycles. The molecular formula is C26H32Cl2N2O4S. The van der Waals surface area contributed by atoms with Crippen LogP contribution >= 0.6 is 23.2 Å². The van der Waals surface area contributed by atoms with Crippen molar-refractivity contribution in [1.29, 1.82) is 0 Å². The van der Waals surface area contributed by atoms with Gasteiger partial charge < -0.3 is 10.1 Å². The van der Waals surface area contributed by atoms with Crippen molar-refractivity contribution in [3.63, 3.8) is 0 Å². The molecule has 2 aliphatic carbocycles. The Balaban J connectivity index is 1.53. The lowest BCUT2D eigenvalue weighted by Crippen LogP contribution is -2.48. The lowest BCUT2D eigenvalue weighted by atomic mass is 9.91. The first-order chi connectivity index (χ1) is 16.8. The first-order valence-electron chi connectivity index (χ1n) is 12.3. The van der Waals surface area contributed by atoms with E-state index in [1.165, 1.54) is 32.1 Å². The van der Waals surface area contributed by atoms with Gasteiger partial charge in [0.15, 0.2) is 5.75 Å². The third-order valence-electron chi connectivity index (χ3n) is 7.02. The smallest absolute Gasteiger partial charge is 0.255 e. The highest BCUT2D eigenvalue weighted by molar-refractivity contribution is 7.89. The van der Waals surface area contributed by atoms with Gasteiger partial charge in [-0.15, -0.1) is 0 Å². The van der Waals surface area contributed by atoms with Crippen LogP contribution in [0.15, 0.2) is 41.3 Å². The average Bonchev–Trinajstić information content (AvgIpc) is 2.85. The van der Waals surface area contributed by atoms with E-state index in [9.17, 15) is 13.2 Å².